The average Bonchev–Trinajstić information content (AvgIpc) is 2.94. The van der Waals surface area contributed by atoms with Gasteiger partial charge in [-0.15, -0.1) is 0 Å². The predicted molar refractivity (Wildman–Crippen MR) is 79.6 cm³/mol. The molecule has 1 N–H and O–H groups in total. The Kier molecular flexibility index (Phi) is 4.39. The van der Waals surface area contributed by atoms with Gasteiger partial charge >= 0.3 is 5.97 Å². The molecule has 2 rings (SSSR count). The van der Waals surface area contributed by atoms with Crippen LogP contribution >= 0.6 is 0 Å². The summed E-state index contributed by atoms with van der Waals surface area (Å²) in [6, 6.07) is 6.79. The van der Waals surface area contributed by atoms with Crippen molar-refractivity contribution in [2.24, 2.45) is 5.41 Å². The minimum atomic E-state index is -3.61. The molecule has 0 bridgehead atoms. The fourth-order valence-corrected chi connectivity index (χ4v) is 4.23. The van der Waals surface area contributed by atoms with Gasteiger partial charge in [0.15, 0.2) is 0 Å². The number of aryl methyl sites for hydroxylation is 1. The second-order valence-corrected chi connectivity index (χ2v) is 7.46. The molecule has 0 aliphatic carbocycles. The second kappa shape index (κ2) is 5.77. The zero-order valence-corrected chi connectivity index (χ0v) is 13.2. The number of sulfonamides is 1. The van der Waals surface area contributed by atoms with Gasteiger partial charge in [-0.3, -0.25) is 4.79 Å². The maximum absolute atomic E-state index is 12.6. The summed E-state index contributed by atoms with van der Waals surface area (Å²) in [7, 11) is -3.61. The van der Waals surface area contributed by atoms with Gasteiger partial charge in [-0.25, -0.2) is 8.42 Å². The summed E-state index contributed by atoms with van der Waals surface area (Å²) in [5.41, 5.74) is 0.125. The molecule has 1 fully saturated rings. The molecular formula is C15H21NO4S. The van der Waals surface area contributed by atoms with Crippen LogP contribution in [0.1, 0.15) is 32.3 Å². The van der Waals surface area contributed by atoms with E-state index in [1.165, 1.54) is 4.31 Å². The summed E-state index contributed by atoms with van der Waals surface area (Å²) in [5.74, 6) is -0.913. The standard InChI is InChI=1S/C15H21NO4S/c1-3-12-5-7-13(8-6-12)21(19,20)16-10-9-15(4-2,11-16)14(17)18/h5-8H,3-4,9-11H2,1-2H3,(H,17,18). The number of hydrogen-bond acceptors (Lipinski definition) is 3. The minimum absolute atomic E-state index is 0.0523. The third kappa shape index (κ3) is 2.82. The monoisotopic (exact) mass is 311 g/mol. The molecule has 1 atom stereocenters. The maximum atomic E-state index is 12.6. The molecule has 21 heavy (non-hydrogen) atoms. The van der Waals surface area contributed by atoms with E-state index >= 15 is 0 Å². The van der Waals surface area contributed by atoms with Crippen molar-refractivity contribution in [3.05, 3.63) is 29.8 Å². The summed E-state index contributed by atoms with van der Waals surface area (Å²) in [6.07, 6.45) is 1.65. The Balaban J connectivity index is 2.27. The number of rotatable bonds is 5. The Hall–Kier alpha value is -1.40. The highest BCUT2D eigenvalue weighted by Gasteiger charge is 2.47. The number of carbonyl (C=O) groups is 1. The maximum Gasteiger partial charge on any atom is 0.311 e. The van der Waals surface area contributed by atoms with Crippen LogP contribution in [0.25, 0.3) is 0 Å². The van der Waals surface area contributed by atoms with E-state index in [4.69, 9.17) is 0 Å². The van der Waals surface area contributed by atoms with Gasteiger partial charge in [-0.1, -0.05) is 26.0 Å². The molecule has 0 amide bonds. The molecule has 0 spiro atoms. The van der Waals surface area contributed by atoms with E-state index in [2.05, 4.69) is 0 Å². The highest BCUT2D eigenvalue weighted by atomic mass is 32.2. The smallest absolute Gasteiger partial charge is 0.311 e. The number of nitrogens with zero attached hydrogens (tertiary/aromatic N) is 1. The predicted octanol–water partition coefficient (Wildman–Crippen LogP) is 2.12. The SMILES string of the molecule is CCc1ccc(S(=O)(=O)N2CCC(CC)(C(=O)O)C2)cc1. The number of carboxylic acid groups (broad SMARTS) is 1. The molecule has 1 saturated heterocycles. The summed E-state index contributed by atoms with van der Waals surface area (Å²) in [5, 5.41) is 9.36. The Morgan fingerprint density at radius 2 is 1.90 bits per heavy atom. The molecule has 0 aromatic heterocycles. The van der Waals surface area contributed by atoms with E-state index in [9.17, 15) is 18.3 Å². The third-order valence-electron chi connectivity index (χ3n) is 4.42. The molecule has 6 heteroatoms. The third-order valence-corrected chi connectivity index (χ3v) is 6.28. The fraction of sp³-hybridized carbons (Fsp3) is 0.533. The van der Waals surface area contributed by atoms with Gasteiger partial charge in [-0.05, 0) is 37.0 Å². The second-order valence-electron chi connectivity index (χ2n) is 5.53. The first-order valence-electron chi connectivity index (χ1n) is 7.18. The van der Waals surface area contributed by atoms with Crippen molar-refractivity contribution in [1.82, 2.24) is 4.31 Å². The lowest BCUT2D eigenvalue weighted by Gasteiger charge is -2.23. The van der Waals surface area contributed by atoms with Crippen molar-refractivity contribution >= 4 is 16.0 Å². The summed E-state index contributed by atoms with van der Waals surface area (Å²) >= 11 is 0. The van der Waals surface area contributed by atoms with Crippen molar-refractivity contribution in [2.75, 3.05) is 13.1 Å². The van der Waals surface area contributed by atoms with Gasteiger partial charge in [0.25, 0.3) is 0 Å². The van der Waals surface area contributed by atoms with Gasteiger partial charge in [0.1, 0.15) is 0 Å². The molecule has 1 unspecified atom stereocenters. The zero-order valence-electron chi connectivity index (χ0n) is 12.4. The van der Waals surface area contributed by atoms with Crippen molar-refractivity contribution < 1.29 is 18.3 Å². The highest BCUT2D eigenvalue weighted by Crippen LogP contribution is 2.36. The fourth-order valence-electron chi connectivity index (χ4n) is 2.70. The average molecular weight is 311 g/mol. The molecule has 1 aliphatic rings. The highest BCUT2D eigenvalue weighted by molar-refractivity contribution is 7.89. The zero-order chi connectivity index (χ0) is 15.7. The quantitative estimate of drug-likeness (QED) is 0.904. The summed E-state index contributed by atoms with van der Waals surface area (Å²) in [6.45, 7) is 4.11. The Morgan fingerprint density at radius 3 is 2.33 bits per heavy atom. The van der Waals surface area contributed by atoms with Gasteiger partial charge in [0.05, 0.1) is 10.3 Å². The van der Waals surface area contributed by atoms with Crippen molar-refractivity contribution in [3.8, 4) is 0 Å². The van der Waals surface area contributed by atoms with Crippen molar-refractivity contribution in [1.29, 1.82) is 0 Å². The Labute approximate surface area is 125 Å². The van der Waals surface area contributed by atoms with Crippen LogP contribution in [-0.2, 0) is 21.2 Å². The number of carboxylic acids is 1. The van der Waals surface area contributed by atoms with Crippen molar-refractivity contribution in [3.63, 3.8) is 0 Å². The topological polar surface area (TPSA) is 74.7 Å². The number of hydrogen-bond donors (Lipinski definition) is 1. The van der Waals surface area contributed by atoms with Crippen LogP contribution in [0.2, 0.25) is 0 Å². The molecule has 1 aromatic rings. The van der Waals surface area contributed by atoms with E-state index in [0.29, 0.717) is 12.8 Å². The molecule has 1 heterocycles. The minimum Gasteiger partial charge on any atom is -0.481 e. The van der Waals surface area contributed by atoms with E-state index in [1.807, 2.05) is 6.92 Å². The van der Waals surface area contributed by atoms with Crippen LogP contribution in [0.3, 0.4) is 0 Å². The number of benzene rings is 1. The van der Waals surface area contributed by atoms with Crippen LogP contribution in [0.15, 0.2) is 29.2 Å². The first-order chi connectivity index (χ1) is 9.85. The van der Waals surface area contributed by atoms with Gasteiger partial charge in [0, 0.05) is 13.1 Å². The van der Waals surface area contributed by atoms with Crippen LogP contribution in [0.4, 0.5) is 0 Å². The number of aliphatic carboxylic acids is 1. The summed E-state index contributed by atoms with van der Waals surface area (Å²) < 4.78 is 26.5. The first-order valence-corrected chi connectivity index (χ1v) is 8.62. The lowest BCUT2D eigenvalue weighted by molar-refractivity contribution is -0.148. The van der Waals surface area contributed by atoms with Crippen molar-refractivity contribution in [2.45, 2.75) is 38.0 Å². The molecule has 0 saturated carbocycles. The van der Waals surface area contributed by atoms with Crippen LogP contribution in [-0.4, -0.2) is 36.9 Å². The van der Waals surface area contributed by atoms with Gasteiger partial charge in [-0.2, -0.15) is 4.31 Å². The van der Waals surface area contributed by atoms with Crippen LogP contribution < -0.4 is 0 Å². The van der Waals surface area contributed by atoms with E-state index in [0.717, 1.165) is 12.0 Å². The van der Waals surface area contributed by atoms with Crippen LogP contribution in [0.5, 0.6) is 0 Å². The molecule has 116 valence electrons. The molecule has 0 radical (unpaired) electrons. The lowest BCUT2D eigenvalue weighted by Crippen LogP contribution is -2.36. The van der Waals surface area contributed by atoms with E-state index in [-0.39, 0.29) is 18.0 Å². The normalized spacial score (nSPS) is 23.3. The largest absolute Gasteiger partial charge is 0.481 e. The Morgan fingerprint density at radius 1 is 1.29 bits per heavy atom. The lowest BCUT2D eigenvalue weighted by atomic mass is 9.85. The van der Waals surface area contributed by atoms with Crippen LogP contribution in [0, 0.1) is 5.41 Å². The van der Waals surface area contributed by atoms with E-state index < -0.39 is 21.4 Å². The Bertz CT molecular complexity index is 624. The molecule has 1 aromatic carbocycles. The molecule has 1 aliphatic heterocycles. The first kappa shape index (κ1) is 16.0. The van der Waals surface area contributed by atoms with Gasteiger partial charge in [0.2, 0.25) is 10.0 Å². The van der Waals surface area contributed by atoms with Gasteiger partial charge < -0.3 is 5.11 Å². The molecule has 5 nitrogen and oxygen atoms in total. The summed E-state index contributed by atoms with van der Waals surface area (Å²) in [4.78, 5) is 11.7. The van der Waals surface area contributed by atoms with E-state index in [1.54, 1.807) is 31.2 Å². The molecular weight excluding hydrogens is 290 g/mol.